The molecule has 0 unspecified atom stereocenters. The van der Waals surface area contributed by atoms with Gasteiger partial charge in [-0.15, -0.1) is 0 Å². The highest BCUT2D eigenvalue weighted by molar-refractivity contribution is 5.60. The van der Waals surface area contributed by atoms with Crippen LogP contribution >= 0.6 is 0 Å². The lowest BCUT2D eigenvalue weighted by Gasteiger charge is -2.06. The second-order valence-corrected chi connectivity index (χ2v) is 5.42. The highest BCUT2D eigenvalue weighted by atomic mass is 16.5. The summed E-state index contributed by atoms with van der Waals surface area (Å²) in [5.74, 6) is 0.885. The van der Waals surface area contributed by atoms with Gasteiger partial charge in [0.25, 0.3) is 0 Å². The van der Waals surface area contributed by atoms with Crippen LogP contribution in [0, 0.1) is 0 Å². The number of aromatic nitrogens is 2. The molecule has 4 heteroatoms. The summed E-state index contributed by atoms with van der Waals surface area (Å²) in [6.45, 7) is 1.46. The molecule has 118 valence electrons. The van der Waals surface area contributed by atoms with Crippen LogP contribution in [0.1, 0.15) is 11.3 Å². The smallest absolute Gasteiger partial charge is 0.119 e. The largest absolute Gasteiger partial charge is 0.493 e. The lowest BCUT2D eigenvalue weighted by molar-refractivity contribution is 0.322. The number of nitrogens with one attached hydrogen (secondary N) is 2. The Labute approximate surface area is 136 Å². The molecular weight excluding hydrogens is 286 g/mol. The molecule has 4 nitrogen and oxygen atoms in total. The van der Waals surface area contributed by atoms with Crippen LogP contribution in [0.5, 0.6) is 5.75 Å². The molecule has 0 aliphatic rings. The molecule has 0 fully saturated rings. The van der Waals surface area contributed by atoms with Crippen LogP contribution in [0.15, 0.2) is 60.7 Å². The fraction of sp³-hybridized carbons (Fsp3) is 0.211. The fourth-order valence-corrected chi connectivity index (χ4v) is 2.44. The van der Waals surface area contributed by atoms with Crippen molar-refractivity contribution in [2.24, 2.45) is 0 Å². The van der Waals surface area contributed by atoms with Crippen LogP contribution in [0.4, 0.5) is 0 Å². The van der Waals surface area contributed by atoms with Gasteiger partial charge in [0.2, 0.25) is 0 Å². The van der Waals surface area contributed by atoms with Crippen molar-refractivity contribution < 1.29 is 4.74 Å². The number of hydrogen-bond donors (Lipinski definition) is 2. The summed E-state index contributed by atoms with van der Waals surface area (Å²) >= 11 is 0. The third-order valence-corrected chi connectivity index (χ3v) is 3.65. The number of aromatic amines is 1. The number of hydrogen-bond acceptors (Lipinski definition) is 3. The second kappa shape index (κ2) is 7.61. The van der Waals surface area contributed by atoms with E-state index in [1.165, 1.54) is 5.56 Å². The SMILES string of the molecule is CNCc1cc(-c2ccc(OCCc3ccccc3)cc2)n[nH]1. The van der Waals surface area contributed by atoms with Crippen molar-refractivity contribution >= 4 is 0 Å². The standard InChI is InChI=1S/C19H21N3O/c1-20-14-17-13-19(22-21-17)16-7-9-18(10-8-16)23-12-11-15-5-3-2-4-6-15/h2-10,13,20H,11-12,14H2,1H3,(H,21,22). The van der Waals surface area contributed by atoms with Gasteiger partial charge in [0.05, 0.1) is 12.3 Å². The van der Waals surface area contributed by atoms with Crippen molar-refractivity contribution in [3.63, 3.8) is 0 Å². The Kier molecular flexibility index (Phi) is 5.06. The summed E-state index contributed by atoms with van der Waals surface area (Å²) in [6.07, 6.45) is 0.912. The van der Waals surface area contributed by atoms with Crippen molar-refractivity contribution in [1.29, 1.82) is 0 Å². The lowest BCUT2D eigenvalue weighted by Crippen LogP contribution is -2.04. The maximum atomic E-state index is 5.81. The van der Waals surface area contributed by atoms with E-state index in [4.69, 9.17) is 4.74 Å². The first-order valence-electron chi connectivity index (χ1n) is 7.81. The van der Waals surface area contributed by atoms with E-state index in [9.17, 15) is 0 Å². The molecule has 0 radical (unpaired) electrons. The van der Waals surface area contributed by atoms with Crippen molar-refractivity contribution in [1.82, 2.24) is 15.5 Å². The van der Waals surface area contributed by atoms with Crippen LogP contribution in [0.2, 0.25) is 0 Å². The Hall–Kier alpha value is -2.59. The molecule has 1 heterocycles. The van der Waals surface area contributed by atoms with Gasteiger partial charge in [0.1, 0.15) is 5.75 Å². The number of ether oxygens (including phenoxy) is 1. The van der Waals surface area contributed by atoms with Gasteiger partial charge in [0, 0.05) is 24.2 Å². The van der Waals surface area contributed by atoms with Crippen molar-refractivity contribution in [3.05, 3.63) is 71.9 Å². The maximum Gasteiger partial charge on any atom is 0.119 e. The van der Waals surface area contributed by atoms with Gasteiger partial charge < -0.3 is 10.1 Å². The number of benzene rings is 2. The van der Waals surface area contributed by atoms with Gasteiger partial charge in [-0.25, -0.2) is 0 Å². The highest BCUT2D eigenvalue weighted by Crippen LogP contribution is 2.21. The molecule has 0 atom stereocenters. The third-order valence-electron chi connectivity index (χ3n) is 3.65. The third kappa shape index (κ3) is 4.20. The topological polar surface area (TPSA) is 49.9 Å². The maximum absolute atomic E-state index is 5.81. The zero-order valence-corrected chi connectivity index (χ0v) is 13.3. The van der Waals surface area contributed by atoms with Crippen LogP contribution < -0.4 is 10.1 Å². The van der Waals surface area contributed by atoms with Crippen molar-refractivity contribution in [3.8, 4) is 17.0 Å². The summed E-state index contributed by atoms with van der Waals surface area (Å²) in [6, 6.07) is 20.5. The molecule has 2 N–H and O–H groups in total. The summed E-state index contributed by atoms with van der Waals surface area (Å²) in [5, 5.41) is 10.5. The first-order chi connectivity index (χ1) is 11.3. The highest BCUT2D eigenvalue weighted by Gasteiger charge is 2.04. The molecule has 23 heavy (non-hydrogen) atoms. The van der Waals surface area contributed by atoms with Crippen LogP contribution in [0.3, 0.4) is 0 Å². The van der Waals surface area contributed by atoms with E-state index < -0.39 is 0 Å². The Bertz CT molecular complexity index is 720. The minimum Gasteiger partial charge on any atom is -0.493 e. The monoisotopic (exact) mass is 307 g/mol. The lowest BCUT2D eigenvalue weighted by atomic mass is 10.1. The first kappa shape index (κ1) is 15.3. The van der Waals surface area contributed by atoms with E-state index in [2.05, 4.69) is 45.8 Å². The zero-order valence-electron chi connectivity index (χ0n) is 13.3. The van der Waals surface area contributed by atoms with Crippen LogP contribution in [-0.2, 0) is 13.0 Å². The van der Waals surface area contributed by atoms with Gasteiger partial charge in [-0.1, -0.05) is 30.3 Å². The van der Waals surface area contributed by atoms with E-state index in [0.717, 1.165) is 35.7 Å². The predicted molar refractivity (Wildman–Crippen MR) is 92.4 cm³/mol. The molecule has 0 bridgehead atoms. The minimum atomic E-state index is 0.679. The van der Waals surface area contributed by atoms with Gasteiger partial charge in [0.15, 0.2) is 0 Å². The van der Waals surface area contributed by atoms with Crippen LogP contribution in [0.25, 0.3) is 11.3 Å². The fourth-order valence-electron chi connectivity index (χ4n) is 2.44. The molecule has 0 saturated heterocycles. The molecule has 2 aromatic carbocycles. The van der Waals surface area contributed by atoms with Crippen molar-refractivity contribution in [2.75, 3.05) is 13.7 Å². The molecule has 0 aliphatic heterocycles. The number of rotatable bonds is 7. The van der Waals surface area contributed by atoms with E-state index in [1.54, 1.807) is 0 Å². The van der Waals surface area contributed by atoms with E-state index in [1.807, 2.05) is 37.4 Å². The minimum absolute atomic E-state index is 0.679. The Morgan fingerprint density at radius 2 is 1.83 bits per heavy atom. The molecule has 0 saturated carbocycles. The molecule has 1 aromatic heterocycles. The normalized spacial score (nSPS) is 10.7. The number of nitrogens with zero attached hydrogens (tertiary/aromatic N) is 1. The molecule has 0 amide bonds. The first-order valence-corrected chi connectivity index (χ1v) is 7.81. The van der Waals surface area contributed by atoms with Crippen molar-refractivity contribution in [2.45, 2.75) is 13.0 Å². The average molecular weight is 307 g/mol. The van der Waals surface area contributed by atoms with Gasteiger partial charge >= 0.3 is 0 Å². The summed E-state index contributed by atoms with van der Waals surface area (Å²) < 4.78 is 5.81. The zero-order chi connectivity index (χ0) is 15.9. The Morgan fingerprint density at radius 1 is 1.04 bits per heavy atom. The second-order valence-electron chi connectivity index (χ2n) is 5.42. The van der Waals surface area contributed by atoms with Gasteiger partial charge in [-0.3, -0.25) is 5.10 Å². The Morgan fingerprint density at radius 3 is 2.57 bits per heavy atom. The average Bonchev–Trinajstić information content (AvgIpc) is 3.06. The van der Waals surface area contributed by atoms with E-state index >= 15 is 0 Å². The molecule has 3 rings (SSSR count). The van der Waals surface area contributed by atoms with E-state index in [-0.39, 0.29) is 0 Å². The van der Waals surface area contributed by atoms with E-state index in [0.29, 0.717) is 6.61 Å². The summed E-state index contributed by atoms with van der Waals surface area (Å²) in [7, 11) is 1.92. The Balaban J connectivity index is 1.56. The molecule has 3 aromatic rings. The predicted octanol–water partition coefficient (Wildman–Crippen LogP) is 3.42. The molecule has 0 spiro atoms. The quantitative estimate of drug-likeness (QED) is 0.703. The van der Waals surface area contributed by atoms with Gasteiger partial charge in [-0.05, 0) is 42.9 Å². The molecule has 0 aliphatic carbocycles. The molecular formula is C19H21N3O. The van der Waals surface area contributed by atoms with Crippen LogP contribution in [-0.4, -0.2) is 23.9 Å². The summed E-state index contributed by atoms with van der Waals surface area (Å²) in [4.78, 5) is 0. The number of H-pyrrole nitrogens is 1. The summed E-state index contributed by atoms with van der Waals surface area (Å²) in [5.41, 5.74) is 4.40. The van der Waals surface area contributed by atoms with Gasteiger partial charge in [-0.2, -0.15) is 5.10 Å².